The van der Waals surface area contributed by atoms with Crippen molar-refractivity contribution in [3.05, 3.63) is 0 Å². The fraction of sp³-hybridized carbons (Fsp3) is 1.00. The standard InChI is InChI=1S/C17H39NO5P2/c1-15(2)23-10-7-18(8-11-24-13-16(19-3)20-4)9-12-25-14-17(21-5)22-6/h15-17,24-25H,7-14H2,1-6H3. The highest BCUT2D eigenvalue weighted by atomic mass is 31.1. The first-order valence-electron chi connectivity index (χ1n) is 8.93. The maximum atomic E-state index is 5.71. The van der Waals surface area contributed by atoms with Gasteiger partial charge in [0.15, 0.2) is 12.6 Å². The molecule has 0 saturated heterocycles. The quantitative estimate of drug-likeness (QED) is 0.200. The Morgan fingerprint density at radius 1 is 0.720 bits per heavy atom. The Bertz CT molecular complexity index is 260. The van der Waals surface area contributed by atoms with Crippen molar-refractivity contribution in [2.24, 2.45) is 0 Å². The average Bonchev–Trinajstić information content (AvgIpc) is 2.61. The normalized spacial score (nSPS) is 13.2. The molecule has 0 N–H and O–H groups in total. The molecule has 2 unspecified atom stereocenters. The lowest BCUT2D eigenvalue weighted by Crippen LogP contribution is -2.32. The highest BCUT2D eigenvalue weighted by Gasteiger charge is 2.09. The minimum atomic E-state index is -0.0717. The van der Waals surface area contributed by atoms with Crippen LogP contribution in [0.25, 0.3) is 0 Å². The largest absolute Gasteiger partial charge is 0.377 e. The molecule has 0 aromatic heterocycles. The van der Waals surface area contributed by atoms with Crippen LogP contribution in [0.1, 0.15) is 13.8 Å². The molecular formula is C17H39NO5P2. The second-order valence-electron chi connectivity index (χ2n) is 5.97. The zero-order chi connectivity index (χ0) is 18.9. The van der Waals surface area contributed by atoms with E-state index in [9.17, 15) is 0 Å². The van der Waals surface area contributed by atoms with Gasteiger partial charge in [-0.1, -0.05) is 0 Å². The van der Waals surface area contributed by atoms with Crippen molar-refractivity contribution in [1.82, 2.24) is 4.90 Å². The van der Waals surface area contributed by atoms with Gasteiger partial charge in [0.1, 0.15) is 0 Å². The molecule has 0 radical (unpaired) electrons. The van der Waals surface area contributed by atoms with Gasteiger partial charge < -0.3 is 28.6 Å². The zero-order valence-electron chi connectivity index (χ0n) is 16.9. The molecule has 0 aromatic carbocycles. The van der Waals surface area contributed by atoms with E-state index in [1.807, 2.05) is 0 Å². The third kappa shape index (κ3) is 15.4. The van der Waals surface area contributed by atoms with Crippen LogP contribution < -0.4 is 0 Å². The molecule has 152 valence electrons. The van der Waals surface area contributed by atoms with Crippen molar-refractivity contribution in [3.63, 3.8) is 0 Å². The minimum absolute atomic E-state index is 0.0717. The van der Waals surface area contributed by atoms with Gasteiger partial charge in [-0.2, -0.15) is 0 Å². The molecule has 0 aliphatic rings. The first-order valence-corrected chi connectivity index (χ1v) is 11.8. The van der Waals surface area contributed by atoms with E-state index in [0.717, 1.165) is 55.7 Å². The summed E-state index contributed by atoms with van der Waals surface area (Å²) in [6.07, 6.45) is 4.43. The van der Waals surface area contributed by atoms with Crippen LogP contribution in [-0.2, 0) is 23.7 Å². The lowest BCUT2D eigenvalue weighted by atomic mass is 10.4. The van der Waals surface area contributed by atoms with E-state index in [-0.39, 0.29) is 12.6 Å². The Morgan fingerprint density at radius 2 is 1.16 bits per heavy atom. The van der Waals surface area contributed by atoms with E-state index in [1.165, 1.54) is 12.3 Å². The van der Waals surface area contributed by atoms with Crippen LogP contribution in [0.15, 0.2) is 0 Å². The smallest absolute Gasteiger partial charge is 0.160 e. The molecule has 0 aliphatic carbocycles. The summed E-state index contributed by atoms with van der Waals surface area (Å²) in [4.78, 5) is 2.51. The highest BCUT2D eigenvalue weighted by molar-refractivity contribution is 7.38. The highest BCUT2D eigenvalue weighted by Crippen LogP contribution is 2.16. The fourth-order valence-electron chi connectivity index (χ4n) is 2.19. The van der Waals surface area contributed by atoms with Crippen molar-refractivity contribution in [2.75, 3.05) is 79.3 Å². The summed E-state index contributed by atoms with van der Waals surface area (Å²) in [7, 11) is 8.49. The first kappa shape index (κ1) is 25.6. The van der Waals surface area contributed by atoms with Crippen LogP contribution in [0.5, 0.6) is 0 Å². The number of methoxy groups -OCH3 is 4. The number of ether oxygens (including phenoxy) is 5. The van der Waals surface area contributed by atoms with Gasteiger partial charge in [0, 0.05) is 60.4 Å². The first-order chi connectivity index (χ1) is 12.1. The Kier molecular flexibility index (Phi) is 18.5. The molecule has 8 heteroatoms. The number of nitrogens with zero attached hydrogens (tertiary/aromatic N) is 1. The Morgan fingerprint density at radius 3 is 1.52 bits per heavy atom. The zero-order valence-corrected chi connectivity index (χ0v) is 18.9. The van der Waals surface area contributed by atoms with Crippen molar-refractivity contribution < 1.29 is 23.7 Å². The maximum Gasteiger partial charge on any atom is 0.160 e. The topological polar surface area (TPSA) is 49.4 Å². The molecule has 0 aliphatic heterocycles. The molecule has 0 saturated carbocycles. The Balaban J connectivity index is 4.04. The Hall–Kier alpha value is 0.620. The van der Waals surface area contributed by atoms with Gasteiger partial charge >= 0.3 is 0 Å². The lowest BCUT2D eigenvalue weighted by molar-refractivity contribution is -0.0848. The van der Waals surface area contributed by atoms with Crippen LogP contribution in [0.2, 0.25) is 0 Å². The van der Waals surface area contributed by atoms with Crippen molar-refractivity contribution in [2.45, 2.75) is 32.5 Å². The van der Waals surface area contributed by atoms with Crippen molar-refractivity contribution in [3.8, 4) is 0 Å². The van der Waals surface area contributed by atoms with Gasteiger partial charge in [-0.3, -0.25) is 0 Å². The lowest BCUT2D eigenvalue weighted by Gasteiger charge is -2.23. The van der Waals surface area contributed by atoms with Gasteiger partial charge in [-0.15, -0.1) is 17.2 Å². The summed E-state index contributed by atoms with van der Waals surface area (Å²) in [5, 5.41) is 0. The van der Waals surface area contributed by atoms with Crippen LogP contribution in [0.4, 0.5) is 0 Å². The van der Waals surface area contributed by atoms with Gasteiger partial charge in [-0.25, -0.2) is 0 Å². The summed E-state index contributed by atoms with van der Waals surface area (Å²) < 4.78 is 26.7. The molecule has 0 spiro atoms. The van der Waals surface area contributed by atoms with Gasteiger partial charge in [0.05, 0.1) is 12.7 Å². The molecule has 0 bridgehead atoms. The predicted molar refractivity (Wildman–Crippen MR) is 109 cm³/mol. The second kappa shape index (κ2) is 18.0. The molecule has 0 rings (SSSR count). The summed E-state index contributed by atoms with van der Waals surface area (Å²) in [5.41, 5.74) is 0. The fourth-order valence-corrected chi connectivity index (χ4v) is 4.69. The molecule has 0 amide bonds. The van der Waals surface area contributed by atoms with E-state index in [2.05, 4.69) is 18.7 Å². The molecule has 6 nitrogen and oxygen atoms in total. The van der Waals surface area contributed by atoms with Crippen LogP contribution >= 0.6 is 17.2 Å². The summed E-state index contributed by atoms with van der Waals surface area (Å²) in [6.45, 7) is 8.15. The monoisotopic (exact) mass is 399 g/mol. The van der Waals surface area contributed by atoms with Gasteiger partial charge in [-0.05, 0) is 26.2 Å². The number of hydrogen-bond acceptors (Lipinski definition) is 6. The number of rotatable bonds is 18. The minimum Gasteiger partial charge on any atom is -0.377 e. The molecule has 2 atom stereocenters. The van der Waals surface area contributed by atoms with Crippen molar-refractivity contribution in [1.29, 1.82) is 0 Å². The number of hydrogen-bond donors (Lipinski definition) is 0. The SMILES string of the molecule is COC(CPCCN(CCOC(C)C)CCPCC(OC)OC)OC. The summed E-state index contributed by atoms with van der Waals surface area (Å²) in [6, 6.07) is 0. The predicted octanol–water partition coefficient (Wildman–Crippen LogP) is 2.31. The molecule has 25 heavy (non-hydrogen) atoms. The van der Waals surface area contributed by atoms with Gasteiger partial charge in [0.25, 0.3) is 0 Å². The third-order valence-corrected chi connectivity index (χ3v) is 6.14. The summed E-state index contributed by atoms with van der Waals surface area (Å²) >= 11 is 0. The van der Waals surface area contributed by atoms with Crippen LogP contribution in [0, 0.1) is 0 Å². The van der Waals surface area contributed by atoms with E-state index in [1.54, 1.807) is 28.4 Å². The molecule has 0 fully saturated rings. The molecule has 0 heterocycles. The van der Waals surface area contributed by atoms with E-state index in [4.69, 9.17) is 23.7 Å². The van der Waals surface area contributed by atoms with Crippen LogP contribution in [-0.4, -0.2) is 103 Å². The average molecular weight is 399 g/mol. The van der Waals surface area contributed by atoms with E-state index >= 15 is 0 Å². The van der Waals surface area contributed by atoms with Crippen LogP contribution in [0.3, 0.4) is 0 Å². The maximum absolute atomic E-state index is 5.71. The van der Waals surface area contributed by atoms with Crippen molar-refractivity contribution >= 4 is 17.2 Å². The van der Waals surface area contributed by atoms with E-state index < -0.39 is 0 Å². The third-order valence-electron chi connectivity index (χ3n) is 3.74. The molecule has 0 aromatic rings. The summed E-state index contributed by atoms with van der Waals surface area (Å²) in [5.74, 6) is 0. The Labute approximate surface area is 158 Å². The molecular weight excluding hydrogens is 360 g/mol. The van der Waals surface area contributed by atoms with Gasteiger partial charge in [0.2, 0.25) is 0 Å². The second-order valence-corrected chi connectivity index (χ2v) is 8.79. The van der Waals surface area contributed by atoms with E-state index in [0.29, 0.717) is 6.10 Å².